The summed E-state index contributed by atoms with van der Waals surface area (Å²) in [5.41, 5.74) is 2.71. The Kier molecular flexibility index (Phi) is 4.55. The number of fused-ring (bicyclic) bond motifs is 1. The number of rotatable bonds is 4. The summed E-state index contributed by atoms with van der Waals surface area (Å²) in [6.07, 6.45) is 6.00. The van der Waals surface area contributed by atoms with Gasteiger partial charge in [-0.2, -0.15) is 5.10 Å². The van der Waals surface area contributed by atoms with Crippen LogP contribution in [0.15, 0.2) is 23.1 Å². The number of aryl methyl sites for hydroxylation is 2. The minimum atomic E-state index is -0.951. The molecule has 2 aromatic rings. The molecule has 142 valence electrons. The van der Waals surface area contributed by atoms with E-state index in [2.05, 4.69) is 10.1 Å². The lowest BCUT2D eigenvalue weighted by molar-refractivity contribution is -0.137. The summed E-state index contributed by atoms with van der Waals surface area (Å²) in [5, 5.41) is 13.1. The Morgan fingerprint density at radius 3 is 2.96 bits per heavy atom. The van der Waals surface area contributed by atoms with E-state index in [-0.39, 0.29) is 29.5 Å². The maximum Gasteiger partial charge on any atom is 0.325 e. The minimum absolute atomic E-state index is 0.0121. The second-order valence-electron chi connectivity index (χ2n) is 7.27. The van der Waals surface area contributed by atoms with Crippen LogP contribution in [-0.4, -0.2) is 49.7 Å². The Morgan fingerprint density at radius 2 is 2.15 bits per heavy atom. The molecule has 0 saturated carbocycles. The number of amides is 1. The standard InChI is InChI=1S/C19H22N4O4/c24-17(25)11-23-16(6-7-20-23)13-4-2-8-22(10-13)19(27)14-9-12-3-1-5-15(12)21-18(14)26/h6-7,9,13H,1-5,8,10-11H2,(H,21,26)(H,24,25)/t13-/m1/s1. The molecule has 2 aromatic heterocycles. The highest BCUT2D eigenvalue weighted by Crippen LogP contribution is 2.28. The first-order chi connectivity index (χ1) is 13.0. The lowest BCUT2D eigenvalue weighted by Crippen LogP contribution is -2.41. The number of hydrogen-bond donors (Lipinski definition) is 2. The molecule has 8 heteroatoms. The molecule has 1 amide bonds. The number of aliphatic carboxylic acids is 1. The number of hydrogen-bond acceptors (Lipinski definition) is 4. The molecule has 1 fully saturated rings. The maximum atomic E-state index is 13.0. The monoisotopic (exact) mass is 370 g/mol. The first-order valence-corrected chi connectivity index (χ1v) is 9.31. The van der Waals surface area contributed by atoms with Crippen LogP contribution in [0.3, 0.4) is 0 Å². The van der Waals surface area contributed by atoms with Crippen LogP contribution in [0.2, 0.25) is 0 Å². The number of H-pyrrole nitrogens is 1. The first-order valence-electron chi connectivity index (χ1n) is 9.31. The summed E-state index contributed by atoms with van der Waals surface area (Å²) in [6, 6.07) is 3.56. The van der Waals surface area contributed by atoms with Crippen LogP contribution in [0.5, 0.6) is 0 Å². The quantitative estimate of drug-likeness (QED) is 0.840. The molecule has 1 saturated heterocycles. The van der Waals surface area contributed by atoms with Crippen LogP contribution in [0.4, 0.5) is 0 Å². The van der Waals surface area contributed by atoms with Crippen molar-refractivity contribution in [1.29, 1.82) is 0 Å². The summed E-state index contributed by atoms with van der Waals surface area (Å²) >= 11 is 0. The summed E-state index contributed by atoms with van der Waals surface area (Å²) < 4.78 is 1.48. The summed E-state index contributed by atoms with van der Waals surface area (Å²) in [4.78, 5) is 40.9. The molecule has 1 aliphatic heterocycles. The van der Waals surface area contributed by atoms with E-state index in [1.807, 2.05) is 6.07 Å². The van der Waals surface area contributed by atoms with Gasteiger partial charge in [0.2, 0.25) is 0 Å². The zero-order chi connectivity index (χ0) is 19.0. The molecule has 1 aliphatic carbocycles. The summed E-state index contributed by atoms with van der Waals surface area (Å²) in [7, 11) is 0. The smallest absolute Gasteiger partial charge is 0.325 e. The fourth-order valence-corrected chi connectivity index (χ4v) is 4.20. The molecule has 4 rings (SSSR count). The van der Waals surface area contributed by atoms with Crippen LogP contribution in [0.1, 0.15) is 52.5 Å². The second kappa shape index (κ2) is 7.02. The highest BCUT2D eigenvalue weighted by molar-refractivity contribution is 5.94. The largest absolute Gasteiger partial charge is 0.480 e. The third-order valence-corrected chi connectivity index (χ3v) is 5.48. The van der Waals surface area contributed by atoms with E-state index in [9.17, 15) is 14.4 Å². The molecule has 27 heavy (non-hydrogen) atoms. The van der Waals surface area contributed by atoms with Gasteiger partial charge in [-0.25, -0.2) is 0 Å². The number of aromatic amines is 1. The van der Waals surface area contributed by atoms with E-state index < -0.39 is 5.97 Å². The van der Waals surface area contributed by atoms with Crippen LogP contribution in [0.25, 0.3) is 0 Å². The van der Waals surface area contributed by atoms with Crippen molar-refractivity contribution in [2.45, 2.75) is 44.6 Å². The van der Waals surface area contributed by atoms with Crippen molar-refractivity contribution in [3.05, 3.63) is 51.2 Å². The van der Waals surface area contributed by atoms with Crippen LogP contribution in [0, 0.1) is 0 Å². The van der Waals surface area contributed by atoms with Crippen molar-refractivity contribution in [3.63, 3.8) is 0 Å². The van der Waals surface area contributed by atoms with Gasteiger partial charge in [-0.05, 0) is 49.8 Å². The van der Waals surface area contributed by atoms with E-state index in [1.165, 1.54) is 4.68 Å². The molecule has 3 heterocycles. The lowest BCUT2D eigenvalue weighted by atomic mass is 9.94. The van der Waals surface area contributed by atoms with Crippen LogP contribution < -0.4 is 5.56 Å². The molecule has 0 unspecified atom stereocenters. The predicted octanol–water partition coefficient (Wildman–Crippen LogP) is 1.16. The number of carbonyl (C=O) groups is 2. The number of carboxylic acids is 1. The number of nitrogens with one attached hydrogen (secondary N) is 1. The highest BCUT2D eigenvalue weighted by Gasteiger charge is 2.29. The molecular weight excluding hydrogens is 348 g/mol. The Morgan fingerprint density at radius 1 is 1.30 bits per heavy atom. The normalized spacial score (nSPS) is 19.1. The average molecular weight is 370 g/mol. The number of nitrogens with zero attached hydrogens (tertiary/aromatic N) is 3. The maximum absolute atomic E-state index is 13.0. The third kappa shape index (κ3) is 3.39. The van der Waals surface area contributed by atoms with Gasteiger partial charge in [-0.15, -0.1) is 0 Å². The summed E-state index contributed by atoms with van der Waals surface area (Å²) in [5.74, 6) is -1.19. The zero-order valence-corrected chi connectivity index (χ0v) is 15.0. The van der Waals surface area contributed by atoms with Crippen LogP contribution >= 0.6 is 0 Å². The van der Waals surface area contributed by atoms with E-state index in [0.29, 0.717) is 13.1 Å². The van der Waals surface area contributed by atoms with Gasteiger partial charge in [-0.1, -0.05) is 0 Å². The van der Waals surface area contributed by atoms with Crippen LogP contribution in [-0.2, 0) is 24.2 Å². The van der Waals surface area contributed by atoms with Crippen molar-refractivity contribution < 1.29 is 14.7 Å². The Labute approximate surface area is 155 Å². The Balaban J connectivity index is 1.55. The van der Waals surface area contributed by atoms with E-state index in [4.69, 9.17) is 5.11 Å². The number of likely N-dealkylation sites (tertiary alicyclic amines) is 1. The minimum Gasteiger partial charge on any atom is -0.480 e. The van der Waals surface area contributed by atoms with E-state index >= 15 is 0 Å². The second-order valence-corrected chi connectivity index (χ2v) is 7.27. The Bertz CT molecular complexity index is 945. The third-order valence-electron chi connectivity index (χ3n) is 5.48. The van der Waals surface area contributed by atoms with Crippen molar-refractivity contribution in [1.82, 2.24) is 19.7 Å². The van der Waals surface area contributed by atoms with Gasteiger partial charge >= 0.3 is 5.97 Å². The van der Waals surface area contributed by atoms with Crippen molar-refractivity contribution in [2.24, 2.45) is 0 Å². The number of carbonyl (C=O) groups excluding carboxylic acids is 1. The fraction of sp³-hybridized carbons (Fsp3) is 0.474. The molecule has 2 aliphatic rings. The molecule has 1 atom stereocenters. The molecule has 8 nitrogen and oxygen atoms in total. The van der Waals surface area contributed by atoms with Gasteiger partial charge in [-0.3, -0.25) is 19.1 Å². The number of aromatic nitrogens is 3. The topological polar surface area (TPSA) is 108 Å². The van der Waals surface area contributed by atoms with Crippen molar-refractivity contribution in [3.8, 4) is 0 Å². The van der Waals surface area contributed by atoms with Gasteiger partial charge < -0.3 is 15.0 Å². The van der Waals surface area contributed by atoms with Gasteiger partial charge in [0.25, 0.3) is 11.5 Å². The SMILES string of the molecule is O=C(O)Cn1nccc1[C@@H]1CCCN(C(=O)c2cc3c([nH]c2=O)CCC3)C1. The first kappa shape index (κ1) is 17.5. The molecular formula is C19H22N4O4. The van der Waals surface area contributed by atoms with E-state index in [1.54, 1.807) is 17.2 Å². The molecule has 0 aromatic carbocycles. The molecule has 0 radical (unpaired) electrons. The lowest BCUT2D eigenvalue weighted by Gasteiger charge is -2.33. The van der Waals surface area contributed by atoms with Gasteiger partial charge in [0.1, 0.15) is 12.1 Å². The number of piperidine rings is 1. The Hall–Kier alpha value is -2.90. The molecule has 0 spiro atoms. The van der Waals surface area contributed by atoms with Gasteiger partial charge in [0, 0.05) is 36.6 Å². The predicted molar refractivity (Wildman–Crippen MR) is 96.8 cm³/mol. The fourth-order valence-electron chi connectivity index (χ4n) is 4.20. The van der Waals surface area contributed by atoms with Crippen molar-refractivity contribution >= 4 is 11.9 Å². The van der Waals surface area contributed by atoms with Crippen molar-refractivity contribution in [2.75, 3.05) is 13.1 Å². The van der Waals surface area contributed by atoms with Gasteiger partial charge in [0.15, 0.2) is 0 Å². The number of carboxylic acid groups (broad SMARTS) is 1. The molecule has 2 N–H and O–H groups in total. The molecule has 0 bridgehead atoms. The number of pyridine rings is 1. The highest BCUT2D eigenvalue weighted by atomic mass is 16.4. The average Bonchev–Trinajstić information content (AvgIpc) is 3.29. The summed E-state index contributed by atoms with van der Waals surface area (Å²) in [6.45, 7) is 0.858. The van der Waals surface area contributed by atoms with Gasteiger partial charge in [0.05, 0.1) is 0 Å². The van der Waals surface area contributed by atoms with E-state index in [0.717, 1.165) is 49.1 Å². The zero-order valence-electron chi connectivity index (χ0n) is 15.0.